The smallest absolute Gasteiger partial charge is 0.407 e. The third-order valence-corrected chi connectivity index (χ3v) is 12.1. The van der Waals surface area contributed by atoms with Crippen molar-refractivity contribution in [1.29, 1.82) is 0 Å². The van der Waals surface area contributed by atoms with Gasteiger partial charge in [0.2, 0.25) is 11.8 Å². The summed E-state index contributed by atoms with van der Waals surface area (Å²) >= 11 is 0. The maximum absolute atomic E-state index is 13.9. The Morgan fingerprint density at radius 1 is 0.508 bits per heavy atom. The first kappa shape index (κ1) is 44.0. The van der Waals surface area contributed by atoms with Crippen LogP contribution in [0.15, 0.2) is 146 Å². The lowest BCUT2D eigenvalue weighted by Gasteiger charge is -2.24. The first-order valence-corrected chi connectivity index (χ1v) is 21.8. The number of carbonyl (C=O) groups excluding carboxylic acids is 4. The van der Waals surface area contributed by atoms with Gasteiger partial charge in [0.25, 0.3) is 0 Å². The van der Waals surface area contributed by atoms with Gasteiger partial charge in [0.15, 0.2) is 0 Å². The highest BCUT2D eigenvalue weighted by Crippen LogP contribution is 2.45. The highest BCUT2D eigenvalue weighted by Gasteiger charge is 2.32. The van der Waals surface area contributed by atoms with Gasteiger partial charge in [0.1, 0.15) is 25.3 Å². The van der Waals surface area contributed by atoms with Crippen LogP contribution in [0.25, 0.3) is 22.3 Å². The second kappa shape index (κ2) is 20.2. The monoisotopic (exact) mass is 872 g/mol. The number of fused-ring (bicyclic) bond motifs is 6. The number of nitrogen functional groups attached to an aromatic ring is 2. The van der Waals surface area contributed by atoms with Gasteiger partial charge in [-0.1, -0.05) is 121 Å². The third-order valence-electron chi connectivity index (χ3n) is 12.1. The average molecular weight is 873 g/mol. The van der Waals surface area contributed by atoms with Crippen LogP contribution in [-0.4, -0.2) is 73.6 Å². The van der Waals surface area contributed by atoms with E-state index in [9.17, 15) is 24.3 Å². The number of alkyl carbamates (subject to hydrolysis) is 2. The van der Waals surface area contributed by atoms with Gasteiger partial charge in [0.05, 0.1) is 12.6 Å². The molecule has 3 atom stereocenters. The van der Waals surface area contributed by atoms with Gasteiger partial charge in [-0.3, -0.25) is 9.59 Å². The van der Waals surface area contributed by atoms with Crippen LogP contribution < -0.4 is 32.7 Å². The van der Waals surface area contributed by atoms with Gasteiger partial charge >= 0.3 is 12.2 Å². The van der Waals surface area contributed by atoms with E-state index in [0.29, 0.717) is 11.4 Å². The predicted molar refractivity (Wildman–Crippen MR) is 250 cm³/mol. The zero-order valence-electron chi connectivity index (χ0n) is 35.7. The Morgan fingerprint density at radius 3 is 1.26 bits per heavy atom. The Hall–Kier alpha value is -7.64. The summed E-state index contributed by atoms with van der Waals surface area (Å²) in [4.78, 5) is 54.4. The van der Waals surface area contributed by atoms with E-state index in [2.05, 4.69) is 33.4 Å². The molecule has 0 spiro atoms. The molecule has 1 unspecified atom stereocenters. The molecule has 0 fully saturated rings. The average Bonchev–Trinajstić information content (AvgIpc) is 3.82. The quantitative estimate of drug-likeness (QED) is 0.0503. The molecule has 13 nitrogen and oxygen atoms in total. The van der Waals surface area contributed by atoms with Gasteiger partial charge in [-0.05, 0) is 86.3 Å². The lowest BCUT2D eigenvalue weighted by atomic mass is 9.98. The molecule has 0 heterocycles. The largest absolute Gasteiger partial charge is 0.449 e. The SMILES string of the molecule is Nc1ccc(C[C@H](NC(=O)OCC2c3ccccc3-c3ccccc32)C(=O)NCCC(CO)NC(=O)[C@H](Cc2ccc(N)cc2)NC(=O)OCC2c3ccccc3-c3ccccc32)cc1. The number of nitrogens with one attached hydrogen (secondary N) is 4. The molecule has 0 aromatic heterocycles. The molecular weight excluding hydrogens is 821 g/mol. The van der Waals surface area contributed by atoms with Crippen LogP contribution >= 0.6 is 0 Å². The van der Waals surface area contributed by atoms with E-state index in [0.717, 1.165) is 55.6 Å². The molecule has 2 aliphatic rings. The van der Waals surface area contributed by atoms with Gasteiger partial charge < -0.3 is 47.3 Å². The molecule has 2 aliphatic carbocycles. The number of aliphatic hydroxyl groups is 1. The molecule has 13 heteroatoms. The van der Waals surface area contributed by atoms with Crippen LogP contribution in [-0.2, 0) is 31.9 Å². The van der Waals surface area contributed by atoms with Crippen molar-refractivity contribution >= 4 is 35.4 Å². The Kier molecular flexibility index (Phi) is 13.7. The number of hydrogen-bond acceptors (Lipinski definition) is 9. The van der Waals surface area contributed by atoms with E-state index in [4.69, 9.17) is 20.9 Å². The topological polar surface area (TPSA) is 207 Å². The Morgan fingerprint density at radius 2 is 0.877 bits per heavy atom. The molecule has 0 bridgehead atoms. The van der Waals surface area contributed by atoms with Gasteiger partial charge in [-0.15, -0.1) is 0 Å². The molecule has 4 amide bonds. The summed E-state index contributed by atoms with van der Waals surface area (Å²) in [7, 11) is 0. The minimum absolute atomic E-state index is 0.0391. The van der Waals surface area contributed by atoms with E-state index in [1.165, 1.54) is 0 Å². The van der Waals surface area contributed by atoms with Crippen LogP contribution in [0, 0.1) is 0 Å². The number of nitrogens with two attached hydrogens (primary N) is 2. The number of benzene rings is 6. The predicted octanol–water partition coefficient (Wildman–Crippen LogP) is 6.43. The van der Waals surface area contributed by atoms with E-state index in [1.807, 2.05) is 84.9 Å². The Balaban J connectivity index is 0.881. The van der Waals surface area contributed by atoms with Crippen molar-refractivity contribution in [2.24, 2.45) is 0 Å². The van der Waals surface area contributed by atoms with Crippen LogP contribution in [0.4, 0.5) is 21.0 Å². The van der Waals surface area contributed by atoms with E-state index in [1.54, 1.807) is 48.5 Å². The minimum atomic E-state index is -1.08. The summed E-state index contributed by atoms with van der Waals surface area (Å²) in [5.74, 6) is -1.38. The number of anilines is 2. The van der Waals surface area contributed by atoms with E-state index < -0.39 is 48.7 Å². The van der Waals surface area contributed by atoms with Crippen LogP contribution in [0.5, 0.6) is 0 Å². The van der Waals surface area contributed by atoms with Crippen molar-refractivity contribution in [3.63, 3.8) is 0 Å². The number of ether oxygens (including phenoxy) is 2. The van der Waals surface area contributed by atoms with Crippen LogP contribution in [0.1, 0.15) is 51.6 Å². The van der Waals surface area contributed by atoms with Crippen LogP contribution in [0.2, 0.25) is 0 Å². The van der Waals surface area contributed by atoms with Crippen molar-refractivity contribution < 1.29 is 33.8 Å². The molecule has 0 radical (unpaired) electrons. The first-order valence-electron chi connectivity index (χ1n) is 21.8. The molecule has 6 aromatic carbocycles. The first-order chi connectivity index (χ1) is 31.6. The molecule has 0 saturated heterocycles. The summed E-state index contributed by atoms with van der Waals surface area (Å²) < 4.78 is 11.5. The highest BCUT2D eigenvalue weighted by atomic mass is 16.6. The molecule has 6 aromatic rings. The van der Waals surface area contributed by atoms with Gasteiger partial charge in [-0.25, -0.2) is 9.59 Å². The number of amides is 4. The van der Waals surface area contributed by atoms with Crippen molar-refractivity contribution in [3.8, 4) is 22.3 Å². The fourth-order valence-corrected chi connectivity index (χ4v) is 8.77. The maximum atomic E-state index is 13.9. The third kappa shape index (κ3) is 10.4. The normalized spacial score (nSPS) is 13.8. The van der Waals surface area contributed by atoms with Crippen molar-refractivity contribution in [1.82, 2.24) is 21.3 Å². The zero-order chi connectivity index (χ0) is 45.3. The van der Waals surface area contributed by atoms with Gasteiger partial charge in [-0.2, -0.15) is 0 Å². The molecule has 332 valence electrons. The molecule has 9 N–H and O–H groups in total. The summed E-state index contributed by atoms with van der Waals surface area (Å²) in [5.41, 5.74) is 23.0. The van der Waals surface area contributed by atoms with E-state index in [-0.39, 0.29) is 50.9 Å². The fraction of sp³-hybridized carbons (Fsp3) is 0.231. The summed E-state index contributed by atoms with van der Waals surface area (Å²) in [6, 6.07) is 43.1. The van der Waals surface area contributed by atoms with Crippen molar-refractivity contribution in [2.45, 2.75) is 49.2 Å². The molecule has 8 rings (SSSR count). The lowest BCUT2D eigenvalue weighted by Crippen LogP contribution is -2.52. The fourth-order valence-electron chi connectivity index (χ4n) is 8.77. The maximum Gasteiger partial charge on any atom is 0.407 e. The number of carbonyl (C=O) groups is 4. The number of aliphatic hydroxyl groups excluding tert-OH is 1. The molecule has 65 heavy (non-hydrogen) atoms. The Bertz CT molecular complexity index is 2560. The standard InChI is InChI=1S/C52H52N6O7/c53-34-21-17-32(18-22-34)27-47(57-51(62)64-30-45-41-13-5-1-9-37(41)38-10-2-6-14-42(38)45)49(60)55-26-25-36(29-59)56-50(61)48(28-33-19-23-35(54)24-20-33)58-52(63)65-31-46-43-15-7-3-11-39(43)40-12-4-8-16-44(40)46/h1-24,36,45-48,59H,25-31,53-54H2,(H,55,60)(H,56,61)(H,57,62)(H,58,63)/t36?,47-,48-/m0/s1. The molecular formula is C52H52N6O7. The second-order valence-electron chi connectivity index (χ2n) is 16.4. The van der Waals surface area contributed by atoms with Gasteiger partial charge in [0, 0.05) is 42.6 Å². The van der Waals surface area contributed by atoms with Crippen molar-refractivity contribution in [3.05, 3.63) is 179 Å². The zero-order valence-corrected chi connectivity index (χ0v) is 35.7. The molecule has 0 aliphatic heterocycles. The minimum Gasteiger partial charge on any atom is -0.449 e. The Labute approximate surface area is 377 Å². The molecule has 0 saturated carbocycles. The van der Waals surface area contributed by atoms with E-state index >= 15 is 0 Å². The second-order valence-corrected chi connectivity index (χ2v) is 16.4. The summed E-state index contributed by atoms with van der Waals surface area (Å²) in [5, 5.41) is 21.5. The summed E-state index contributed by atoms with van der Waals surface area (Å²) in [6.45, 7) is -0.278. The van der Waals surface area contributed by atoms with Crippen molar-refractivity contribution in [2.75, 3.05) is 37.8 Å². The van der Waals surface area contributed by atoms with Crippen LogP contribution in [0.3, 0.4) is 0 Å². The highest BCUT2D eigenvalue weighted by molar-refractivity contribution is 5.87. The number of hydrogen-bond donors (Lipinski definition) is 7. The lowest BCUT2D eigenvalue weighted by molar-refractivity contribution is -0.124. The summed E-state index contributed by atoms with van der Waals surface area (Å²) in [6.07, 6.45) is -1.14. The number of rotatable bonds is 17.